The number of benzene rings is 1. The van der Waals surface area contributed by atoms with Gasteiger partial charge in [-0.3, -0.25) is 0 Å². The van der Waals surface area contributed by atoms with Gasteiger partial charge in [0.25, 0.3) is 0 Å². The Balaban J connectivity index is 2.79. The van der Waals surface area contributed by atoms with Crippen LogP contribution in [0.15, 0.2) is 24.3 Å². The van der Waals surface area contributed by atoms with Gasteiger partial charge in [0.05, 0.1) is 0 Å². The maximum atomic E-state index is 10.4. The van der Waals surface area contributed by atoms with Gasteiger partial charge < -0.3 is 11.1 Å². The van der Waals surface area contributed by atoms with Gasteiger partial charge in [-0.05, 0) is 40.8 Å². The predicted octanol–water partition coefficient (Wildman–Crippen LogP) is 1.78. The largest absolute Gasteiger partial charge is 0.351 e. The fourth-order valence-corrected chi connectivity index (χ4v) is 1.25. The van der Waals surface area contributed by atoms with Crippen molar-refractivity contribution < 1.29 is 4.79 Å². The van der Waals surface area contributed by atoms with Crippen molar-refractivity contribution in [2.75, 3.05) is 5.32 Å². The molecule has 0 bridgehead atoms. The standard InChI is InChI=1S/C7H7IN2O/c8-5-2-1-3-6(4-5)10-7(9)11/h1-4H,(H3,9,10,11). The first-order valence-electron chi connectivity index (χ1n) is 3.00. The molecule has 0 heterocycles. The molecule has 0 radical (unpaired) electrons. The second-order valence-corrected chi connectivity index (χ2v) is 3.25. The Morgan fingerprint density at radius 2 is 2.27 bits per heavy atom. The summed E-state index contributed by atoms with van der Waals surface area (Å²) in [4.78, 5) is 10.4. The van der Waals surface area contributed by atoms with Gasteiger partial charge in [0.15, 0.2) is 0 Å². The third-order valence-electron chi connectivity index (χ3n) is 1.09. The van der Waals surface area contributed by atoms with E-state index < -0.39 is 6.03 Å². The Morgan fingerprint density at radius 1 is 1.55 bits per heavy atom. The molecule has 0 saturated heterocycles. The smallest absolute Gasteiger partial charge is 0.316 e. The highest BCUT2D eigenvalue weighted by Crippen LogP contribution is 2.11. The Bertz CT molecular complexity index is 275. The molecular formula is C7H7IN2O. The molecule has 2 amide bonds. The molecule has 0 aliphatic heterocycles. The maximum absolute atomic E-state index is 10.4. The highest BCUT2D eigenvalue weighted by Gasteiger charge is 1.94. The number of primary amides is 1. The van der Waals surface area contributed by atoms with Crippen LogP contribution in [0.4, 0.5) is 10.5 Å². The topological polar surface area (TPSA) is 55.1 Å². The molecule has 58 valence electrons. The minimum absolute atomic E-state index is 0.535. The molecule has 1 aromatic carbocycles. The molecule has 0 unspecified atom stereocenters. The van der Waals surface area contributed by atoms with E-state index in [2.05, 4.69) is 27.9 Å². The average molecular weight is 262 g/mol. The zero-order valence-electron chi connectivity index (χ0n) is 5.67. The van der Waals surface area contributed by atoms with Crippen LogP contribution in [0.25, 0.3) is 0 Å². The Labute approximate surface area is 78.1 Å². The predicted molar refractivity (Wildman–Crippen MR) is 52.4 cm³/mol. The summed E-state index contributed by atoms with van der Waals surface area (Å²) >= 11 is 2.16. The lowest BCUT2D eigenvalue weighted by atomic mass is 10.3. The van der Waals surface area contributed by atoms with E-state index in [-0.39, 0.29) is 0 Å². The van der Waals surface area contributed by atoms with E-state index in [4.69, 9.17) is 5.73 Å². The summed E-state index contributed by atoms with van der Waals surface area (Å²) in [5.74, 6) is 0. The fourth-order valence-electron chi connectivity index (χ4n) is 0.708. The molecule has 3 N–H and O–H groups in total. The van der Waals surface area contributed by atoms with Crippen LogP contribution in [0.1, 0.15) is 0 Å². The molecule has 3 nitrogen and oxygen atoms in total. The van der Waals surface area contributed by atoms with E-state index >= 15 is 0 Å². The Morgan fingerprint density at radius 3 is 2.82 bits per heavy atom. The number of halogens is 1. The van der Waals surface area contributed by atoms with E-state index in [1.165, 1.54) is 0 Å². The number of urea groups is 1. The van der Waals surface area contributed by atoms with E-state index in [1.54, 1.807) is 6.07 Å². The molecule has 0 spiro atoms. The fraction of sp³-hybridized carbons (Fsp3) is 0. The van der Waals surface area contributed by atoms with Gasteiger partial charge in [-0.1, -0.05) is 6.07 Å². The highest BCUT2D eigenvalue weighted by atomic mass is 127. The van der Waals surface area contributed by atoms with Gasteiger partial charge in [0, 0.05) is 9.26 Å². The van der Waals surface area contributed by atoms with Crippen molar-refractivity contribution in [2.24, 2.45) is 5.73 Å². The quantitative estimate of drug-likeness (QED) is 0.745. The van der Waals surface area contributed by atoms with Crippen molar-refractivity contribution in [1.82, 2.24) is 0 Å². The van der Waals surface area contributed by atoms with E-state index in [0.29, 0.717) is 0 Å². The van der Waals surface area contributed by atoms with E-state index in [0.717, 1.165) is 9.26 Å². The zero-order valence-corrected chi connectivity index (χ0v) is 7.83. The number of hydrogen-bond acceptors (Lipinski definition) is 1. The normalized spacial score (nSPS) is 9.18. The highest BCUT2D eigenvalue weighted by molar-refractivity contribution is 14.1. The zero-order chi connectivity index (χ0) is 8.27. The van der Waals surface area contributed by atoms with Crippen molar-refractivity contribution >= 4 is 34.3 Å². The molecule has 4 heteroatoms. The molecule has 0 aliphatic rings. The summed E-state index contributed by atoms with van der Waals surface area (Å²) in [7, 11) is 0. The molecular weight excluding hydrogens is 255 g/mol. The SMILES string of the molecule is NC(=O)Nc1cccc(I)c1. The van der Waals surface area contributed by atoms with Crippen LogP contribution in [0.5, 0.6) is 0 Å². The van der Waals surface area contributed by atoms with E-state index in [1.807, 2.05) is 18.2 Å². The number of anilines is 1. The van der Waals surface area contributed by atoms with Crippen LogP contribution in [0.3, 0.4) is 0 Å². The summed E-state index contributed by atoms with van der Waals surface area (Å²) in [6.07, 6.45) is 0. The number of carbonyl (C=O) groups is 1. The first-order chi connectivity index (χ1) is 5.18. The van der Waals surface area contributed by atoms with Crippen molar-refractivity contribution in [3.63, 3.8) is 0 Å². The molecule has 11 heavy (non-hydrogen) atoms. The van der Waals surface area contributed by atoms with Gasteiger partial charge in [-0.25, -0.2) is 4.79 Å². The van der Waals surface area contributed by atoms with Crippen molar-refractivity contribution in [2.45, 2.75) is 0 Å². The summed E-state index contributed by atoms with van der Waals surface area (Å²) in [6.45, 7) is 0. The number of nitrogens with one attached hydrogen (secondary N) is 1. The molecule has 0 saturated carbocycles. The van der Waals surface area contributed by atoms with Crippen LogP contribution < -0.4 is 11.1 Å². The molecule has 0 atom stereocenters. The number of amides is 2. The first kappa shape index (κ1) is 8.32. The van der Waals surface area contributed by atoms with Gasteiger partial charge in [0.2, 0.25) is 0 Å². The monoisotopic (exact) mass is 262 g/mol. The molecule has 1 aromatic rings. The minimum atomic E-state index is -0.535. The summed E-state index contributed by atoms with van der Waals surface area (Å²) < 4.78 is 1.06. The molecule has 0 fully saturated rings. The van der Waals surface area contributed by atoms with Gasteiger partial charge in [-0.2, -0.15) is 0 Å². The minimum Gasteiger partial charge on any atom is -0.351 e. The molecule has 1 rings (SSSR count). The molecule has 0 aromatic heterocycles. The Kier molecular flexibility index (Phi) is 2.70. The second kappa shape index (κ2) is 3.56. The third kappa shape index (κ3) is 2.75. The lowest BCUT2D eigenvalue weighted by molar-refractivity contribution is 0.259. The number of carbonyl (C=O) groups excluding carboxylic acids is 1. The van der Waals surface area contributed by atoms with Crippen LogP contribution >= 0.6 is 22.6 Å². The number of rotatable bonds is 1. The third-order valence-corrected chi connectivity index (χ3v) is 1.76. The number of hydrogen-bond donors (Lipinski definition) is 2. The summed E-state index contributed by atoms with van der Waals surface area (Å²) in [5.41, 5.74) is 5.65. The Hall–Kier alpha value is -0.780. The molecule has 0 aliphatic carbocycles. The maximum Gasteiger partial charge on any atom is 0.316 e. The van der Waals surface area contributed by atoms with Crippen molar-refractivity contribution in [3.05, 3.63) is 27.8 Å². The van der Waals surface area contributed by atoms with Crippen LogP contribution in [-0.2, 0) is 0 Å². The van der Waals surface area contributed by atoms with Crippen molar-refractivity contribution in [3.8, 4) is 0 Å². The van der Waals surface area contributed by atoms with Crippen molar-refractivity contribution in [1.29, 1.82) is 0 Å². The average Bonchev–Trinajstić information content (AvgIpc) is 1.85. The number of nitrogens with two attached hydrogens (primary N) is 1. The first-order valence-corrected chi connectivity index (χ1v) is 4.08. The van der Waals surface area contributed by atoms with Gasteiger partial charge in [0.1, 0.15) is 0 Å². The second-order valence-electron chi connectivity index (χ2n) is 2.00. The van der Waals surface area contributed by atoms with E-state index in [9.17, 15) is 4.79 Å². The van der Waals surface area contributed by atoms with Gasteiger partial charge in [-0.15, -0.1) is 0 Å². The van der Waals surface area contributed by atoms with Crippen LogP contribution in [0, 0.1) is 3.57 Å². The lowest BCUT2D eigenvalue weighted by Crippen LogP contribution is -2.19. The lowest BCUT2D eigenvalue weighted by Gasteiger charge is -2.00. The van der Waals surface area contributed by atoms with Crippen LogP contribution in [0.2, 0.25) is 0 Å². The summed E-state index contributed by atoms with van der Waals surface area (Å²) in [5, 5.41) is 2.48. The van der Waals surface area contributed by atoms with Gasteiger partial charge >= 0.3 is 6.03 Å². The van der Waals surface area contributed by atoms with Crippen LogP contribution in [-0.4, -0.2) is 6.03 Å². The summed E-state index contributed by atoms with van der Waals surface area (Å²) in [6, 6.07) is 6.88.